The summed E-state index contributed by atoms with van der Waals surface area (Å²) in [6.07, 6.45) is 1.43. The summed E-state index contributed by atoms with van der Waals surface area (Å²) in [4.78, 5) is 16.6. The van der Waals surface area contributed by atoms with Gasteiger partial charge in [0, 0.05) is 11.8 Å². The van der Waals surface area contributed by atoms with Crippen molar-refractivity contribution in [1.82, 2.24) is 4.98 Å². The lowest BCUT2D eigenvalue weighted by molar-refractivity contribution is 0.104. The summed E-state index contributed by atoms with van der Waals surface area (Å²) in [6.45, 7) is 0. The van der Waals surface area contributed by atoms with Crippen LogP contribution in [0.25, 0.3) is 10.8 Å². The molecule has 20 heavy (non-hydrogen) atoms. The number of hydrogen-bond donors (Lipinski definition) is 1. The molecule has 0 radical (unpaired) electrons. The van der Waals surface area contributed by atoms with Gasteiger partial charge in [-0.15, -0.1) is 0 Å². The quantitative estimate of drug-likeness (QED) is 0.729. The van der Waals surface area contributed by atoms with E-state index in [1.807, 2.05) is 36.4 Å². The van der Waals surface area contributed by atoms with Gasteiger partial charge in [0.2, 0.25) is 0 Å². The summed E-state index contributed by atoms with van der Waals surface area (Å²) < 4.78 is 0. The third-order valence-corrected chi connectivity index (χ3v) is 3.37. The van der Waals surface area contributed by atoms with Gasteiger partial charge in [0.15, 0.2) is 5.78 Å². The predicted molar refractivity (Wildman–Crippen MR) is 81.0 cm³/mol. The van der Waals surface area contributed by atoms with Gasteiger partial charge in [-0.25, -0.2) is 4.98 Å². The Balaban J connectivity index is 2.20. The first-order chi connectivity index (χ1) is 9.66. The van der Waals surface area contributed by atoms with Crippen LogP contribution in [0.4, 0.5) is 5.82 Å². The molecule has 4 heteroatoms. The number of rotatable bonds is 2. The summed E-state index contributed by atoms with van der Waals surface area (Å²) in [5, 5.41) is 2.29. The average Bonchev–Trinajstić information content (AvgIpc) is 2.48. The number of anilines is 1. The van der Waals surface area contributed by atoms with Crippen molar-refractivity contribution in [3.63, 3.8) is 0 Å². The monoisotopic (exact) mass is 282 g/mol. The van der Waals surface area contributed by atoms with E-state index >= 15 is 0 Å². The molecule has 0 saturated carbocycles. The van der Waals surface area contributed by atoms with Gasteiger partial charge in [0.25, 0.3) is 0 Å². The Labute approximate surface area is 121 Å². The van der Waals surface area contributed by atoms with Crippen molar-refractivity contribution in [2.75, 3.05) is 5.73 Å². The molecule has 98 valence electrons. The number of nitrogens with two attached hydrogens (primary N) is 1. The Bertz CT molecular complexity index is 809. The minimum atomic E-state index is -0.172. The number of halogens is 1. The van der Waals surface area contributed by atoms with Crippen LogP contribution in [0.3, 0.4) is 0 Å². The molecule has 0 unspecified atom stereocenters. The second-order valence-electron chi connectivity index (χ2n) is 4.44. The fourth-order valence-corrected chi connectivity index (χ4v) is 2.36. The second-order valence-corrected chi connectivity index (χ2v) is 4.88. The number of carbonyl (C=O) groups excluding carboxylic acids is 1. The molecule has 2 aromatic carbocycles. The van der Waals surface area contributed by atoms with E-state index in [0.29, 0.717) is 16.1 Å². The Hall–Kier alpha value is -2.39. The molecule has 3 nitrogen and oxygen atoms in total. The predicted octanol–water partition coefficient (Wildman–Crippen LogP) is 3.70. The molecule has 0 aliphatic heterocycles. The van der Waals surface area contributed by atoms with Crippen LogP contribution in [-0.2, 0) is 0 Å². The number of nitrogens with zero attached hydrogens (tertiary/aromatic N) is 1. The number of hydrogen-bond acceptors (Lipinski definition) is 3. The summed E-state index contributed by atoms with van der Waals surface area (Å²) in [7, 11) is 0. The van der Waals surface area contributed by atoms with Crippen molar-refractivity contribution in [3.05, 3.63) is 70.9 Å². The maximum absolute atomic E-state index is 12.7. The maximum atomic E-state index is 12.7. The van der Waals surface area contributed by atoms with Crippen molar-refractivity contribution in [2.24, 2.45) is 0 Å². The first kappa shape index (κ1) is 12.6. The summed E-state index contributed by atoms with van der Waals surface area (Å²) in [5.41, 5.74) is 6.70. The molecular weight excluding hydrogens is 272 g/mol. The third kappa shape index (κ3) is 2.12. The number of ketones is 1. The lowest BCUT2D eigenvalue weighted by atomic mass is 9.97. The molecule has 0 saturated heterocycles. The SMILES string of the molecule is Nc1ncc(Cl)cc1C(=O)c1cccc2ccccc12. The van der Waals surface area contributed by atoms with Crippen LogP contribution in [0.15, 0.2) is 54.7 Å². The van der Waals surface area contributed by atoms with Crippen LogP contribution in [-0.4, -0.2) is 10.8 Å². The zero-order valence-corrected chi connectivity index (χ0v) is 11.3. The van der Waals surface area contributed by atoms with Crippen molar-refractivity contribution < 1.29 is 4.79 Å². The van der Waals surface area contributed by atoms with Crippen LogP contribution >= 0.6 is 11.6 Å². The molecule has 3 aromatic rings. The van der Waals surface area contributed by atoms with E-state index in [0.717, 1.165) is 10.8 Å². The number of nitrogen functional groups attached to an aromatic ring is 1. The first-order valence-corrected chi connectivity index (χ1v) is 6.48. The zero-order chi connectivity index (χ0) is 14.1. The fourth-order valence-electron chi connectivity index (χ4n) is 2.20. The Morgan fingerprint density at radius 1 is 1.05 bits per heavy atom. The number of pyridine rings is 1. The minimum absolute atomic E-state index is 0.172. The van der Waals surface area contributed by atoms with Gasteiger partial charge in [-0.1, -0.05) is 54.1 Å². The average molecular weight is 283 g/mol. The Morgan fingerprint density at radius 2 is 1.80 bits per heavy atom. The van der Waals surface area contributed by atoms with E-state index in [4.69, 9.17) is 17.3 Å². The number of aromatic nitrogens is 1. The molecule has 1 heterocycles. The highest BCUT2D eigenvalue weighted by Gasteiger charge is 2.16. The normalized spacial score (nSPS) is 10.7. The lowest BCUT2D eigenvalue weighted by Gasteiger charge is -2.07. The number of benzene rings is 2. The molecule has 2 N–H and O–H groups in total. The topological polar surface area (TPSA) is 56.0 Å². The number of carbonyl (C=O) groups is 1. The van der Waals surface area contributed by atoms with Gasteiger partial charge >= 0.3 is 0 Å². The molecule has 1 aromatic heterocycles. The van der Waals surface area contributed by atoms with Gasteiger partial charge in [0.1, 0.15) is 5.82 Å². The van der Waals surface area contributed by atoms with E-state index in [1.165, 1.54) is 6.20 Å². The lowest BCUT2D eigenvalue weighted by Crippen LogP contribution is -2.07. The molecule has 0 fully saturated rings. The van der Waals surface area contributed by atoms with Gasteiger partial charge < -0.3 is 5.73 Å². The molecule has 0 atom stereocenters. The minimum Gasteiger partial charge on any atom is -0.383 e. The van der Waals surface area contributed by atoms with E-state index in [2.05, 4.69) is 4.98 Å². The summed E-state index contributed by atoms with van der Waals surface area (Å²) in [6, 6.07) is 14.9. The van der Waals surface area contributed by atoms with Crippen LogP contribution < -0.4 is 5.73 Å². The molecule has 0 aliphatic carbocycles. The summed E-state index contributed by atoms with van der Waals surface area (Å²) >= 11 is 5.90. The van der Waals surface area contributed by atoms with Gasteiger partial charge in [-0.3, -0.25) is 4.79 Å². The van der Waals surface area contributed by atoms with Crippen molar-refractivity contribution in [1.29, 1.82) is 0 Å². The Kier molecular flexibility index (Phi) is 3.12. The van der Waals surface area contributed by atoms with Gasteiger partial charge in [0.05, 0.1) is 10.6 Å². The van der Waals surface area contributed by atoms with E-state index in [1.54, 1.807) is 12.1 Å². The highest BCUT2D eigenvalue weighted by molar-refractivity contribution is 6.31. The van der Waals surface area contributed by atoms with Gasteiger partial charge in [-0.2, -0.15) is 0 Å². The number of fused-ring (bicyclic) bond motifs is 1. The molecule has 0 spiro atoms. The van der Waals surface area contributed by atoms with E-state index < -0.39 is 0 Å². The highest BCUT2D eigenvalue weighted by atomic mass is 35.5. The van der Waals surface area contributed by atoms with Crippen LogP contribution in [0.5, 0.6) is 0 Å². The van der Waals surface area contributed by atoms with Crippen LogP contribution in [0.1, 0.15) is 15.9 Å². The van der Waals surface area contributed by atoms with Crippen LogP contribution in [0.2, 0.25) is 5.02 Å². The largest absolute Gasteiger partial charge is 0.383 e. The van der Waals surface area contributed by atoms with Crippen molar-refractivity contribution in [2.45, 2.75) is 0 Å². The third-order valence-electron chi connectivity index (χ3n) is 3.16. The maximum Gasteiger partial charge on any atom is 0.197 e. The smallest absolute Gasteiger partial charge is 0.197 e. The van der Waals surface area contributed by atoms with E-state index in [-0.39, 0.29) is 11.6 Å². The van der Waals surface area contributed by atoms with Crippen LogP contribution in [0, 0.1) is 0 Å². The zero-order valence-electron chi connectivity index (χ0n) is 10.5. The van der Waals surface area contributed by atoms with Gasteiger partial charge in [-0.05, 0) is 16.8 Å². The molecule has 0 amide bonds. The highest BCUT2D eigenvalue weighted by Crippen LogP contribution is 2.24. The van der Waals surface area contributed by atoms with E-state index in [9.17, 15) is 4.79 Å². The fraction of sp³-hybridized carbons (Fsp3) is 0. The molecular formula is C16H11ClN2O. The second kappa shape index (κ2) is 4.94. The standard InChI is InChI=1S/C16H11ClN2O/c17-11-8-14(16(18)19-9-11)15(20)13-7-3-5-10-4-1-2-6-12(10)13/h1-9H,(H2,18,19). The Morgan fingerprint density at radius 3 is 2.65 bits per heavy atom. The molecule has 3 rings (SSSR count). The molecule has 0 bridgehead atoms. The molecule has 0 aliphatic rings. The first-order valence-electron chi connectivity index (χ1n) is 6.10. The van der Waals surface area contributed by atoms with Crippen molar-refractivity contribution >= 4 is 34.0 Å². The van der Waals surface area contributed by atoms with Crippen molar-refractivity contribution in [3.8, 4) is 0 Å². The summed E-state index contributed by atoms with van der Waals surface area (Å²) in [5.74, 6) is 0.0154.